The molecule has 3 aromatic carbocycles. The van der Waals surface area contributed by atoms with Gasteiger partial charge in [0, 0.05) is 12.1 Å². The van der Waals surface area contributed by atoms with Crippen LogP contribution in [0.3, 0.4) is 0 Å². The van der Waals surface area contributed by atoms with Gasteiger partial charge in [0.05, 0.1) is 22.5 Å². The molecule has 0 aliphatic carbocycles. The second kappa shape index (κ2) is 8.69. The fraction of sp³-hybridized carbons (Fsp3) is 0.0870. The highest BCUT2D eigenvalue weighted by molar-refractivity contribution is 6.42. The largest absolute Gasteiger partial charge is 0.497 e. The summed E-state index contributed by atoms with van der Waals surface area (Å²) in [5, 5.41) is 1.34. The average molecular weight is 443 g/mol. The molecular formula is C23H16Cl2O5. The molecule has 1 heterocycles. The van der Waals surface area contributed by atoms with E-state index >= 15 is 0 Å². The van der Waals surface area contributed by atoms with Crippen LogP contribution in [0.2, 0.25) is 10.0 Å². The Morgan fingerprint density at radius 1 is 0.900 bits per heavy atom. The first-order valence-electron chi connectivity index (χ1n) is 8.97. The molecule has 0 amide bonds. The van der Waals surface area contributed by atoms with Gasteiger partial charge in [-0.1, -0.05) is 35.3 Å². The molecule has 0 saturated carbocycles. The molecule has 5 nitrogen and oxygen atoms in total. The number of ether oxygens (including phenoxy) is 3. The van der Waals surface area contributed by atoms with Crippen LogP contribution in [0.1, 0.15) is 5.56 Å². The summed E-state index contributed by atoms with van der Waals surface area (Å²) in [7, 11) is 1.56. The maximum atomic E-state index is 12.8. The minimum absolute atomic E-state index is 0.0835. The normalized spacial score (nSPS) is 10.8. The van der Waals surface area contributed by atoms with Gasteiger partial charge in [-0.15, -0.1) is 0 Å². The lowest BCUT2D eigenvalue weighted by Crippen LogP contribution is -2.05. The highest BCUT2D eigenvalue weighted by Crippen LogP contribution is 2.27. The van der Waals surface area contributed by atoms with E-state index in [4.69, 9.17) is 41.8 Å². The molecule has 4 rings (SSSR count). The van der Waals surface area contributed by atoms with Crippen LogP contribution in [-0.2, 0) is 6.61 Å². The van der Waals surface area contributed by atoms with Crippen molar-refractivity contribution < 1.29 is 18.6 Å². The number of halogens is 2. The molecule has 0 radical (unpaired) electrons. The van der Waals surface area contributed by atoms with E-state index in [-0.39, 0.29) is 11.2 Å². The van der Waals surface area contributed by atoms with Crippen molar-refractivity contribution in [2.75, 3.05) is 7.11 Å². The predicted octanol–water partition coefficient (Wildman–Crippen LogP) is 6.48. The fourth-order valence-corrected chi connectivity index (χ4v) is 3.16. The van der Waals surface area contributed by atoms with Crippen molar-refractivity contribution in [3.05, 3.63) is 92.8 Å². The summed E-state index contributed by atoms with van der Waals surface area (Å²) in [5.74, 6) is 1.74. The molecule has 0 aliphatic rings. The Labute approximate surface area is 182 Å². The van der Waals surface area contributed by atoms with Gasteiger partial charge in [-0.3, -0.25) is 4.79 Å². The second-order valence-corrected chi connectivity index (χ2v) is 7.22. The summed E-state index contributed by atoms with van der Waals surface area (Å²) < 4.78 is 22.2. The summed E-state index contributed by atoms with van der Waals surface area (Å²) in [4.78, 5) is 12.8. The molecule has 0 fully saturated rings. The maximum Gasteiger partial charge on any atom is 0.235 e. The third kappa shape index (κ3) is 4.37. The first-order chi connectivity index (χ1) is 14.5. The summed E-state index contributed by atoms with van der Waals surface area (Å²) in [6.45, 7) is 0.295. The average Bonchev–Trinajstić information content (AvgIpc) is 2.76. The summed E-state index contributed by atoms with van der Waals surface area (Å²) in [5.41, 5.74) is 0.979. The third-order valence-electron chi connectivity index (χ3n) is 4.37. The van der Waals surface area contributed by atoms with Gasteiger partial charge in [-0.05, 0) is 42.0 Å². The van der Waals surface area contributed by atoms with E-state index < -0.39 is 0 Å². The van der Waals surface area contributed by atoms with Crippen molar-refractivity contribution in [2.24, 2.45) is 0 Å². The quantitative estimate of drug-likeness (QED) is 0.341. The summed E-state index contributed by atoms with van der Waals surface area (Å²) in [6.07, 6.45) is 1.28. The lowest BCUT2D eigenvalue weighted by Gasteiger charge is -2.09. The Morgan fingerprint density at radius 3 is 2.53 bits per heavy atom. The zero-order valence-corrected chi connectivity index (χ0v) is 17.4. The van der Waals surface area contributed by atoms with E-state index in [0.29, 0.717) is 44.9 Å². The van der Waals surface area contributed by atoms with Crippen LogP contribution in [0.5, 0.6) is 23.0 Å². The van der Waals surface area contributed by atoms with Gasteiger partial charge < -0.3 is 18.6 Å². The van der Waals surface area contributed by atoms with Crippen LogP contribution in [0, 0.1) is 0 Å². The smallest absolute Gasteiger partial charge is 0.235 e. The Hall–Kier alpha value is -3.15. The Kier molecular flexibility index (Phi) is 5.84. The van der Waals surface area contributed by atoms with Gasteiger partial charge in [-0.2, -0.15) is 0 Å². The molecule has 0 unspecified atom stereocenters. The van der Waals surface area contributed by atoms with E-state index in [2.05, 4.69) is 0 Å². The number of hydrogen-bond acceptors (Lipinski definition) is 5. The molecule has 0 atom stereocenters. The first-order valence-corrected chi connectivity index (χ1v) is 9.73. The molecule has 0 bridgehead atoms. The van der Waals surface area contributed by atoms with Crippen molar-refractivity contribution in [2.45, 2.75) is 6.61 Å². The molecule has 30 heavy (non-hydrogen) atoms. The number of fused-ring (bicyclic) bond motifs is 1. The van der Waals surface area contributed by atoms with Crippen LogP contribution in [-0.4, -0.2) is 7.11 Å². The Bertz CT molecular complexity index is 1270. The van der Waals surface area contributed by atoms with E-state index in [0.717, 1.165) is 5.56 Å². The number of rotatable bonds is 6. The molecule has 0 spiro atoms. The minimum Gasteiger partial charge on any atom is -0.497 e. The van der Waals surface area contributed by atoms with E-state index in [1.165, 1.54) is 6.26 Å². The maximum absolute atomic E-state index is 12.8. The standard InChI is InChI=1S/C23H16Cl2O5/c1-27-15-3-2-4-17(10-15)30-22-13-29-21-11-16(6-7-18(21)23(22)26)28-12-14-5-8-19(24)20(25)9-14/h2-11,13H,12H2,1H3. The van der Waals surface area contributed by atoms with Crippen LogP contribution < -0.4 is 19.6 Å². The number of hydrogen-bond donors (Lipinski definition) is 0. The lowest BCUT2D eigenvalue weighted by atomic mass is 10.2. The van der Waals surface area contributed by atoms with Crippen LogP contribution in [0.4, 0.5) is 0 Å². The predicted molar refractivity (Wildman–Crippen MR) is 116 cm³/mol. The van der Waals surface area contributed by atoms with E-state index in [9.17, 15) is 4.79 Å². The van der Waals surface area contributed by atoms with Gasteiger partial charge in [0.2, 0.25) is 11.2 Å². The van der Waals surface area contributed by atoms with Gasteiger partial charge in [0.25, 0.3) is 0 Å². The SMILES string of the molecule is COc1cccc(Oc2coc3cc(OCc4ccc(Cl)c(Cl)c4)ccc3c2=O)c1. The number of benzene rings is 3. The van der Waals surface area contributed by atoms with Crippen LogP contribution >= 0.6 is 23.2 Å². The zero-order chi connectivity index (χ0) is 21.1. The topological polar surface area (TPSA) is 57.9 Å². The van der Waals surface area contributed by atoms with Gasteiger partial charge in [0.15, 0.2) is 0 Å². The van der Waals surface area contributed by atoms with Crippen molar-refractivity contribution in [3.8, 4) is 23.0 Å². The Balaban J connectivity index is 1.54. The highest BCUT2D eigenvalue weighted by atomic mass is 35.5. The minimum atomic E-state index is -0.282. The molecule has 0 saturated heterocycles. The van der Waals surface area contributed by atoms with Crippen molar-refractivity contribution in [3.63, 3.8) is 0 Å². The monoisotopic (exact) mass is 442 g/mol. The molecule has 4 aromatic rings. The Morgan fingerprint density at radius 2 is 1.73 bits per heavy atom. The van der Waals surface area contributed by atoms with Crippen molar-refractivity contribution >= 4 is 34.2 Å². The lowest BCUT2D eigenvalue weighted by molar-refractivity contribution is 0.306. The fourth-order valence-electron chi connectivity index (χ4n) is 2.84. The molecular weight excluding hydrogens is 427 g/mol. The van der Waals surface area contributed by atoms with Crippen molar-refractivity contribution in [1.29, 1.82) is 0 Å². The van der Waals surface area contributed by atoms with Gasteiger partial charge >= 0.3 is 0 Å². The second-order valence-electron chi connectivity index (χ2n) is 6.41. The zero-order valence-electron chi connectivity index (χ0n) is 15.9. The summed E-state index contributed by atoms with van der Waals surface area (Å²) >= 11 is 12.0. The third-order valence-corrected chi connectivity index (χ3v) is 5.11. The molecule has 1 aromatic heterocycles. The van der Waals surface area contributed by atoms with Gasteiger partial charge in [0.1, 0.15) is 35.7 Å². The van der Waals surface area contributed by atoms with E-state index in [1.54, 1.807) is 61.7 Å². The molecule has 0 aliphatic heterocycles. The molecule has 7 heteroatoms. The van der Waals surface area contributed by atoms with Crippen LogP contribution in [0.25, 0.3) is 11.0 Å². The van der Waals surface area contributed by atoms with E-state index in [1.807, 2.05) is 6.07 Å². The summed E-state index contributed by atoms with van der Waals surface area (Å²) in [6, 6.07) is 17.3. The number of methoxy groups -OCH3 is 1. The molecule has 0 N–H and O–H groups in total. The van der Waals surface area contributed by atoms with Crippen LogP contribution in [0.15, 0.2) is 76.1 Å². The first kappa shape index (κ1) is 20.1. The van der Waals surface area contributed by atoms with Crippen molar-refractivity contribution in [1.82, 2.24) is 0 Å². The molecule has 152 valence electrons. The van der Waals surface area contributed by atoms with Gasteiger partial charge in [-0.25, -0.2) is 0 Å². The highest BCUT2D eigenvalue weighted by Gasteiger charge is 2.11.